The summed E-state index contributed by atoms with van der Waals surface area (Å²) in [7, 11) is 0. The van der Waals surface area contributed by atoms with Crippen LogP contribution >= 0.6 is 0 Å². The fraction of sp³-hybridized carbons (Fsp3) is 0.188. The zero-order valence-corrected chi connectivity index (χ0v) is 11.8. The van der Waals surface area contributed by atoms with Crippen molar-refractivity contribution in [2.45, 2.75) is 6.92 Å². The van der Waals surface area contributed by atoms with Crippen molar-refractivity contribution in [3.05, 3.63) is 54.3 Å². The van der Waals surface area contributed by atoms with Gasteiger partial charge in [0, 0.05) is 12.2 Å². The smallest absolute Gasteiger partial charge is 0.243 e. The normalized spacial score (nSPS) is 10.2. The number of nitrogen functional groups attached to an aromatic ring is 1. The van der Waals surface area contributed by atoms with Crippen LogP contribution in [0.4, 0.5) is 21.5 Å². The number of amides is 1. The maximum atomic E-state index is 13.3. The Hall–Kier alpha value is -2.56. The van der Waals surface area contributed by atoms with Crippen LogP contribution in [0.25, 0.3) is 0 Å². The first-order valence-corrected chi connectivity index (χ1v) is 6.75. The summed E-state index contributed by atoms with van der Waals surface area (Å²) in [5.74, 6) is -0.516. The van der Waals surface area contributed by atoms with Gasteiger partial charge in [-0.3, -0.25) is 4.79 Å². The van der Waals surface area contributed by atoms with Crippen LogP contribution in [0.2, 0.25) is 0 Å². The van der Waals surface area contributed by atoms with Gasteiger partial charge >= 0.3 is 0 Å². The maximum Gasteiger partial charge on any atom is 0.243 e. The molecule has 0 atom stereocenters. The van der Waals surface area contributed by atoms with E-state index in [2.05, 4.69) is 5.32 Å². The Bertz CT molecular complexity index is 630. The Kier molecular flexibility index (Phi) is 4.77. The van der Waals surface area contributed by atoms with Gasteiger partial charge in [-0.2, -0.15) is 0 Å². The molecule has 0 radical (unpaired) electrons. The summed E-state index contributed by atoms with van der Waals surface area (Å²) in [5.41, 5.74) is 7.55. The predicted octanol–water partition coefficient (Wildman–Crippen LogP) is 2.87. The highest BCUT2D eigenvalue weighted by Crippen LogP contribution is 2.18. The summed E-state index contributed by atoms with van der Waals surface area (Å²) in [4.78, 5) is 13.9. The Morgan fingerprint density at radius 3 is 2.67 bits per heavy atom. The molecule has 0 fully saturated rings. The number of benzene rings is 2. The van der Waals surface area contributed by atoms with E-state index in [1.54, 1.807) is 41.3 Å². The van der Waals surface area contributed by atoms with E-state index in [4.69, 9.17) is 5.73 Å². The largest absolute Gasteiger partial charge is 0.397 e. The molecule has 0 bridgehead atoms. The van der Waals surface area contributed by atoms with Crippen molar-refractivity contribution in [3.8, 4) is 0 Å². The average molecular weight is 287 g/mol. The molecule has 4 nitrogen and oxygen atoms in total. The predicted molar refractivity (Wildman–Crippen MR) is 83.8 cm³/mol. The summed E-state index contributed by atoms with van der Waals surface area (Å²) in [5, 5.41) is 2.76. The summed E-state index contributed by atoms with van der Waals surface area (Å²) in [6.07, 6.45) is 0. The molecule has 0 aromatic heterocycles. The van der Waals surface area contributed by atoms with Crippen LogP contribution in [0.1, 0.15) is 6.92 Å². The molecule has 5 heteroatoms. The first-order valence-electron chi connectivity index (χ1n) is 6.75. The van der Waals surface area contributed by atoms with Gasteiger partial charge in [-0.25, -0.2) is 4.39 Å². The molecule has 2 aromatic rings. The van der Waals surface area contributed by atoms with Gasteiger partial charge in [0.25, 0.3) is 0 Å². The Balaban J connectivity index is 2.05. The van der Waals surface area contributed by atoms with Crippen molar-refractivity contribution < 1.29 is 9.18 Å². The Morgan fingerprint density at radius 1 is 1.24 bits per heavy atom. The molecule has 2 rings (SSSR count). The first kappa shape index (κ1) is 14.8. The van der Waals surface area contributed by atoms with Crippen LogP contribution in [0.15, 0.2) is 48.5 Å². The molecule has 1 amide bonds. The van der Waals surface area contributed by atoms with Gasteiger partial charge in [0.1, 0.15) is 5.82 Å². The van der Waals surface area contributed by atoms with Crippen molar-refractivity contribution >= 4 is 23.0 Å². The molecule has 0 aliphatic heterocycles. The van der Waals surface area contributed by atoms with E-state index >= 15 is 0 Å². The lowest BCUT2D eigenvalue weighted by Crippen LogP contribution is -2.33. The van der Waals surface area contributed by atoms with Crippen LogP contribution in [0.5, 0.6) is 0 Å². The first-order chi connectivity index (χ1) is 10.1. The highest BCUT2D eigenvalue weighted by Gasteiger charge is 2.11. The summed E-state index contributed by atoms with van der Waals surface area (Å²) >= 11 is 0. The van der Waals surface area contributed by atoms with Gasteiger partial charge < -0.3 is 16.0 Å². The van der Waals surface area contributed by atoms with Gasteiger partial charge in [-0.05, 0) is 37.3 Å². The number of carbonyl (C=O) groups excluding carboxylic acids is 1. The minimum Gasteiger partial charge on any atom is -0.397 e. The number of carbonyl (C=O) groups is 1. The van der Waals surface area contributed by atoms with E-state index in [9.17, 15) is 9.18 Å². The number of nitrogens with one attached hydrogen (secondary N) is 1. The number of nitrogens with two attached hydrogens (primary N) is 1. The second-order valence-corrected chi connectivity index (χ2v) is 4.63. The zero-order chi connectivity index (χ0) is 15.2. The zero-order valence-electron chi connectivity index (χ0n) is 11.8. The van der Waals surface area contributed by atoms with Gasteiger partial charge in [0.05, 0.1) is 17.9 Å². The fourth-order valence-corrected chi connectivity index (χ4v) is 2.03. The summed E-state index contributed by atoms with van der Waals surface area (Å²) in [6.45, 7) is 2.64. The van der Waals surface area contributed by atoms with Crippen molar-refractivity contribution in [3.63, 3.8) is 0 Å². The minimum absolute atomic E-state index is 0.133. The molecule has 0 saturated heterocycles. The molecule has 0 spiro atoms. The molecular weight excluding hydrogens is 269 g/mol. The van der Waals surface area contributed by atoms with E-state index in [1.807, 2.05) is 6.92 Å². The van der Waals surface area contributed by atoms with Gasteiger partial charge in [-0.1, -0.05) is 18.2 Å². The van der Waals surface area contributed by atoms with E-state index in [1.165, 1.54) is 12.1 Å². The maximum absolute atomic E-state index is 13.3. The summed E-state index contributed by atoms with van der Waals surface area (Å²) in [6, 6.07) is 13.3. The van der Waals surface area contributed by atoms with Gasteiger partial charge in [0.2, 0.25) is 5.91 Å². The molecule has 0 heterocycles. The lowest BCUT2D eigenvalue weighted by molar-refractivity contribution is -0.115. The van der Waals surface area contributed by atoms with E-state index in [0.29, 0.717) is 23.6 Å². The lowest BCUT2D eigenvalue weighted by atomic mass is 10.2. The number of hydrogen-bond donors (Lipinski definition) is 2. The molecular formula is C16H18FN3O. The third kappa shape index (κ3) is 3.95. The SMILES string of the molecule is CCN(CC(=O)Nc1ccccc1N)c1cccc(F)c1. The van der Waals surface area contributed by atoms with Gasteiger partial charge in [0.15, 0.2) is 0 Å². The van der Waals surface area contributed by atoms with Crippen LogP contribution in [0, 0.1) is 5.82 Å². The molecule has 3 N–H and O–H groups in total. The molecule has 0 saturated carbocycles. The van der Waals surface area contributed by atoms with E-state index in [0.717, 1.165) is 0 Å². The highest BCUT2D eigenvalue weighted by atomic mass is 19.1. The second kappa shape index (κ2) is 6.74. The fourth-order valence-electron chi connectivity index (χ4n) is 2.03. The number of nitrogens with zero attached hydrogens (tertiary/aromatic N) is 1. The van der Waals surface area contributed by atoms with Gasteiger partial charge in [-0.15, -0.1) is 0 Å². The number of likely N-dealkylation sites (N-methyl/N-ethyl adjacent to an activating group) is 1. The molecule has 110 valence electrons. The Labute approximate surface area is 123 Å². The number of halogens is 1. The minimum atomic E-state index is -0.321. The van der Waals surface area contributed by atoms with Crippen molar-refractivity contribution in [1.82, 2.24) is 0 Å². The van der Waals surface area contributed by atoms with Crippen LogP contribution < -0.4 is 16.0 Å². The quantitative estimate of drug-likeness (QED) is 0.831. The molecule has 21 heavy (non-hydrogen) atoms. The van der Waals surface area contributed by atoms with Crippen molar-refractivity contribution in [2.24, 2.45) is 0 Å². The van der Waals surface area contributed by atoms with E-state index < -0.39 is 0 Å². The van der Waals surface area contributed by atoms with E-state index in [-0.39, 0.29) is 18.3 Å². The highest BCUT2D eigenvalue weighted by molar-refractivity contribution is 5.96. The number of anilines is 3. The number of rotatable bonds is 5. The lowest BCUT2D eigenvalue weighted by Gasteiger charge is -2.22. The van der Waals surface area contributed by atoms with Crippen molar-refractivity contribution in [2.75, 3.05) is 29.0 Å². The average Bonchev–Trinajstić information content (AvgIpc) is 2.47. The third-order valence-electron chi connectivity index (χ3n) is 3.12. The monoisotopic (exact) mass is 287 g/mol. The van der Waals surface area contributed by atoms with Crippen LogP contribution in [-0.4, -0.2) is 19.0 Å². The number of hydrogen-bond acceptors (Lipinski definition) is 3. The third-order valence-corrected chi connectivity index (χ3v) is 3.12. The van der Waals surface area contributed by atoms with Crippen LogP contribution in [-0.2, 0) is 4.79 Å². The Morgan fingerprint density at radius 2 is 2.00 bits per heavy atom. The van der Waals surface area contributed by atoms with Crippen LogP contribution in [0.3, 0.4) is 0 Å². The molecule has 0 aliphatic rings. The number of para-hydroxylation sites is 2. The standard InChI is InChI=1S/C16H18FN3O/c1-2-20(13-7-5-6-12(17)10-13)11-16(21)19-15-9-4-3-8-14(15)18/h3-10H,2,11,18H2,1H3,(H,19,21). The topological polar surface area (TPSA) is 58.4 Å². The molecule has 0 aliphatic carbocycles. The molecule has 2 aromatic carbocycles. The molecule has 0 unspecified atom stereocenters. The second-order valence-electron chi connectivity index (χ2n) is 4.63. The summed E-state index contributed by atoms with van der Waals surface area (Å²) < 4.78 is 13.3. The van der Waals surface area contributed by atoms with Crippen molar-refractivity contribution in [1.29, 1.82) is 0 Å².